The van der Waals surface area contributed by atoms with Crippen molar-refractivity contribution in [1.29, 1.82) is 0 Å². The van der Waals surface area contributed by atoms with E-state index in [0.29, 0.717) is 18.1 Å². The number of fused-ring (bicyclic) bond motifs is 1. The first-order chi connectivity index (χ1) is 7.20. The van der Waals surface area contributed by atoms with Crippen LogP contribution in [-0.4, -0.2) is 18.6 Å². The Hall–Kier alpha value is -1.22. The molecule has 2 rings (SSSR count). The quantitative estimate of drug-likeness (QED) is 0.785. The number of halogens is 1. The van der Waals surface area contributed by atoms with Gasteiger partial charge in [-0.3, -0.25) is 0 Å². The summed E-state index contributed by atoms with van der Waals surface area (Å²) in [4.78, 5) is 11.5. The summed E-state index contributed by atoms with van der Waals surface area (Å²) >= 11 is 5.87. The molecule has 0 bridgehead atoms. The summed E-state index contributed by atoms with van der Waals surface area (Å²) in [6.07, 6.45) is 0.648. The van der Waals surface area contributed by atoms with Gasteiger partial charge in [-0.05, 0) is 30.7 Å². The maximum Gasteiger partial charge on any atom is 0.328 e. The second kappa shape index (κ2) is 4.11. The zero-order valence-corrected chi connectivity index (χ0v) is 9.17. The number of nitrogens with one attached hydrogen (secondary N) is 1. The molecule has 0 amide bonds. The smallest absolute Gasteiger partial charge is 0.328 e. The van der Waals surface area contributed by atoms with E-state index in [1.165, 1.54) is 0 Å². The molecule has 0 spiro atoms. The Morgan fingerprint density at radius 3 is 3.20 bits per heavy atom. The SMILES string of the molecule is CCOC(=O)[C@H]1Cc2cc(Cl)ccc2N1. The van der Waals surface area contributed by atoms with E-state index in [4.69, 9.17) is 16.3 Å². The van der Waals surface area contributed by atoms with E-state index < -0.39 is 0 Å². The maximum atomic E-state index is 11.5. The van der Waals surface area contributed by atoms with Crippen molar-refractivity contribution in [1.82, 2.24) is 0 Å². The molecule has 1 heterocycles. The fraction of sp³-hybridized carbons (Fsp3) is 0.364. The van der Waals surface area contributed by atoms with Gasteiger partial charge in [-0.1, -0.05) is 11.6 Å². The van der Waals surface area contributed by atoms with Crippen molar-refractivity contribution in [2.75, 3.05) is 11.9 Å². The Morgan fingerprint density at radius 1 is 1.67 bits per heavy atom. The van der Waals surface area contributed by atoms with Crippen molar-refractivity contribution in [3.8, 4) is 0 Å². The van der Waals surface area contributed by atoms with Crippen molar-refractivity contribution in [2.45, 2.75) is 19.4 Å². The fourth-order valence-corrected chi connectivity index (χ4v) is 1.91. The summed E-state index contributed by atoms with van der Waals surface area (Å²) in [6.45, 7) is 2.21. The molecule has 0 saturated heterocycles. The van der Waals surface area contributed by atoms with Gasteiger partial charge >= 0.3 is 5.97 Å². The lowest BCUT2D eigenvalue weighted by molar-refractivity contribution is -0.143. The summed E-state index contributed by atoms with van der Waals surface area (Å²) in [7, 11) is 0. The highest BCUT2D eigenvalue weighted by Crippen LogP contribution is 2.28. The Morgan fingerprint density at radius 2 is 2.47 bits per heavy atom. The molecule has 4 heteroatoms. The van der Waals surface area contributed by atoms with Crippen molar-refractivity contribution in [3.05, 3.63) is 28.8 Å². The van der Waals surface area contributed by atoms with E-state index in [1.54, 1.807) is 13.0 Å². The van der Waals surface area contributed by atoms with Gasteiger partial charge in [0, 0.05) is 17.1 Å². The summed E-state index contributed by atoms with van der Waals surface area (Å²) in [5, 5.41) is 3.81. The van der Waals surface area contributed by atoms with E-state index in [-0.39, 0.29) is 12.0 Å². The van der Waals surface area contributed by atoms with E-state index in [1.807, 2.05) is 12.1 Å². The number of hydrogen-bond donors (Lipinski definition) is 1. The first-order valence-corrected chi connectivity index (χ1v) is 5.30. The van der Waals surface area contributed by atoms with Gasteiger partial charge in [0.05, 0.1) is 6.61 Å². The lowest BCUT2D eigenvalue weighted by Crippen LogP contribution is -2.28. The molecule has 0 unspecified atom stereocenters. The van der Waals surface area contributed by atoms with Gasteiger partial charge < -0.3 is 10.1 Å². The van der Waals surface area contributed by atoms with Crippen LogP contribution in [0.5, 0.6) is 0 Å². The lowest BCUT2D eigenvalue weighted by Gasteiger charge is -2.09. The van der Waals surface area contributed by atoms with Gasteiger partial charge in [0.15, 0.2) is 0 Å². The predicted octanol–water partition coefficient (Wildman–Crippen LogP) is 2.24. The van der Waals surface area contributed by atoms with Crippen molar-refractivity contribution < 1.29 is 9.53 Å². The summed E-state index contributed by atoms with van der Waals surface area (Å²) in [5.74, 6) is -0.204. The third-order valence-electron chi connectivity index (χ3n) is 2.39. The summed E-state index contributed by atoms with van der Waals surface area (Å²) in [6, 6.07) is 5.31. The number of ether oxygens (including phenoxy) is 1. The number of hydrogen-bond acceptors (Lipinski definition) is 3. The Kier molecular flexibility index (Phi) is 2.82. The maximum absolute atomic E-state index is 11.5. The van der Waals surface area contributed by atoms with Crippen LogP contribution in [0.3, 0.4) is 0 Å². The Bertz CT molecular complexity index is 392. The normalized spacial score (nSPS) is 18.1. The number of carbonyl (C=O) groups is 1. The monoisotopic (exact) mass is 225 g/mol. The minimum Gasteiger partial charge on any atom is -0.464 e. The fourth-order valence-electron chi connectivity index (χ4n) is 1.72. The Labute approximate surface area is 93.4 Å². The topological polar surface area (TPSA) is 38.3 Å². The minimum atomic E-state index is -0.265. The number of esters is 1. The molecule has 15 heavy (non-hydrogen) atoms. The molecule has 0 fully saturated rings. The van der Waals surface area contributed by atoms with E-state index >= 15 is 0 Å². The largest absolute Gasteiger partial charge is 0.464 e. The molecular weight excluding hydrogens is 214 g/mol. The highest BCUT2D eigenvalue weighted by molar-refractivity contribution is 6.30. The number of carbonyl (C=O) groups excluding carboxylic acids is 1. The average Bonchev–Trinajstić information content (AvgIpc) is 2.60. The molecular formula is C11H12ClNO2. The molecule has 1 N–H and O–H groups in total. The molecule has 1 aromatic carbocycles. The third kappa shape index (κ3) is 2.07. The summed E-state index contributed by atoms with van der Waals surface area (Å²) < 4.78 is 4.95. The van der Waals surface area contributed by atoms with Crippen LogP contribution < -0.4 is 5.32 Å². The highest BCUT2D eigenvalue weighted by Gasteiger charge is 2.27. The van der Waals surface area contributed by atoms with Gasteiger partial charge in [-0.25, -0.2) is 4.79 Å². The second-order valence-corrected chi connectivity index (χ2v) is 3.89. The molecule has 1 aliphatic rings. The molecule has 1 aliphatic heterocycles. The van der Waals surface area contributed by atoms with Crippen LogP contribution in [0.1, 0.15) is 12.5 Å². The van der Waals surface area contributed by atoms with E-state index in [2.05, 4.69) is 5.32 Å². The van der Waals surface area contributed by atoms with Gasteiger partial charge in [0.25, 0.3) is 0 Å². The zero-order chi connectivity index (χ0) is 10.8. The molecule has 3 nitrogen and oxygen atoms in total. The van der Waals surface area contributed by atoms with Gasteiger partial charge in [-0.15, -0.1) is 0 Å². The average molecular weight is 226 g/mol. The van der Waals surface area contributed by atoms with E-state index in [9.17, 15) is 4.79 Å². The third-order valence-corrected chi connectivity index (χ3v) is 2.63. The summed E-state index contributed by atoms with van der Waals surface area (Å²) in [5.41, 5.74) is 2.04. The molecule has 1 atom stereocenters. The van der Waals surface area contributed by atoms with Gasteiger partial charge in [0.2, 0.25) is 0 Å². The molecule has 80 valence electrons. The van der Waals surface area contributed by atoms with Crippen LogP contribution in [0, 0.1) is 0 Å². The lowest BCUT2D eigenvalue weighted by atomic mass is 10.1. The van der Waals surface area contributed by atoms with Crippen LogP contribution in [0.4, 0.5) is 5.69 Å². The number of benzene rings is 1. The highest BCUT2D eigenvalue weighted by atomic mass is 35.5. The Balaban J connectivity index is 2.12. The van der Waals surface area contributed by atoms with E-state index in [0.717, 1.165) is 11.3 Å². The second-order valence-electron chi connectivity index (χ2n) is 3.45. The molecule has 0 aliphatic carbocycles. The predicted molar refractivity (Wildman–Crippen MR) is 59.2 cm³/mol. The molecule has 1 aromatic rings. The van der Waals surface area contributed by atoms with Gasteiger partial charge in [0.1, 0.15) is 6.04 Å². The first kappa shape index (κ1) is 10.3. The number of rotatable bonds is 2. The standard InChI is InChI=1S/C11H12ClNO2/c1-2-15-11(14)10-6-7-5-8(12)3-4-9(7)13-10/h3-5,10,13H,2,6H2,1H3/t10-/m1/s1. The molecule has 0 aromatic heterocycles. The van der Waals surface area contributed by atoms with Crippen LogP contribution in [0.25, 0.3) is 0 Å². The first-order valence-electron chi connectivity index (χ1n) is 4.92. The van der Waals surface area contributed by atoms with Crippen LogP contribution >= 0.6 is 11.6 Å². The minimum absolute atomic E-state index is 0.204. The molecule has 0 radical (unpaired) electrons. The molecule has 0 saturated carbocycles. The van der Waals surface area contributed by atoms with Crippen molar-refractivity contribution in [3.63, 3.8) is 0 Å². The van der Waals surface area contributed by atoms with Crippen LogP contribution in [0.2, 0.25) is 5.02 Å². The van der Waals surface area contributed by atoms with Gasteiger partial charge in [-0.2, -0.15) is 0 Å². The van der Waals surface area contributed by atoms with Crippen LogP contribution in [-0.2, 0) is 16.0 Å². The van der Waals surface area contributed by atoms with Crippen LogP contribution in [0.15, 0.2) is 18.2 Å². The van der Waals surface area contributed by atoms with Crippen molar-refractivity contribution >= 4 is 23.3 Å². The number of anilines is 1. The van der Waals surface area contributed by atoms with Crippen molar-refractivity contribution in [2.24, 2.45) is 0 Å². The zero-order valence-electron chi connectivity index (χ0n) is 8.42.